The zero-order chi connectivity index (χ0) is 26.8. The summed E-state index contributed by atoms with van der Waals surface area (Å²) in [7, 11) is 0. The molecule has 4 nitrogen and oxygen atoms in total. The van der Waals surface area contributed by atoms with Crippen molar-refractivity contribution < 1.29 is 40.7 Å². The first kappa shape index (κ1) is 27.3. The Balaban J connectivity index is 2.04. The van der Waals surface area contributed by atoms with Gasteiger partial charge in [0.2, 0.25) is 0 Å². The number of esters is 1. The molecule has 3 rings (SSSR count). The Morgan fingerprint density at radius 3 is 1.97 bits per heavy atom. The lowest BCUT2D eigenvalue weighted by Crippen LogP contribution is -2.18. The van der Waals surface area contributed by atoms with Gasteiger partial charge in [0.1, 0.15) is 10.6 Å². The van der Waals surface area contributed by atoms with Gasteiger partial charge in [0.15, 0.2) is 0 Å². The highest BCUT2D eigenvalue weighted by atomic mass is 32.1. The van der Waals surface area contributed by atoms with Gasteiger partial charge in [-0.25, -0.2) is 4.79 Å². The average Bonchev–Trinajstić information content (AvgIpc) is 3.21. The highest BCUT2D eigenvalue weighted by molar-refractivity contribution is 7.15. The third-order valence-electron chi connectivity index (χ3n) is 5.24. The van der Waals surface area contributed by atoms with Crippen LogP contribution in [0.2, 0.25) is 0 Å². The fourth-order valence-electron chi connectivity index (χ4n) is 3.38. The number of carbonyl (C=O) groups is 2. The lowest BCUT2D eigenvalue weighted by molar-refractivity contribution is -0.143. The van der Waals surface area contributed by atoms with Crippen molar-refractivity contribution in [3.05, 3.63) is 75.7 Å². The normalized spacial score (nSPS) is 12.1. The highest BCUT2D eigenvalue weighted by Crippen LogP contribution is 2.39. The van der Waals surface area contributed by atoms with Crippen LogP contribution >= 0.6 is 11.3 Å². The van der Waals surface area contributed by atoms with Gasteiger partial charge >= 0.3 is 18.3 Å². The largest absolute Gasteiger partial charge is 0.462 e. The van der Waals surface area contributed by atoms with E-state index in [9.17, 15) is 35.9 Å². The van der Waals surface area contributed by atoms with Gasteiger partial charge in [0.25, 0.3) is 5.91 Å². The third kappa shape index (κ3) is 6.07. The monoisotopic (exact) mass is 529 g/mol. The number of anilines is 1. The van der Waals surface area contributed by atoms with E-state index in [1.807, 2.05) is 26.0 Å². The van der Waals surface area contributed by atoms with Crippen molar-refractivity contribution in [2.75, 3.05) is 11.9 Å². The molecule has 0 saturated heterocycles. The molecule has 36 heavy (non-hydrogen) atoms. The van der Waals surface area contributed by atoms with Crippen LogP contribution in [-0.2, 0) is 17.1 Å². The summed E-state index contributed by atoms with van der Waals surface area (Å²) < 4.78 is 84.2. The summed E-state index contributed by atoms with van der Waals surface area (Å²) in [6.07, 6.45) is -10.2. The Bertz CT molecular complexity index is 1230. The minimum absolute atomic E-state index is 0.0103. The number of hydrogen-bond acceptors (Lipinski definition) is 4. The molecule has 0 unspecified atom stereocenters. The molecule has 3 aromatic rings. The second-order valence-electron chi connectivity index (χ2n) is 8.10. The Morgan fingerprint density at radius 1 is 0.944 bits per heavy atom. The highest BCUT2D eigenvalue weighted by Gasteiger charge is 2.37. The van der Waals surface area contributed by atoms with Gasteiger partial charge in [0.05, 0.1) is 17.7 Å². The molecular weight excluding hydrogens is 508 g/mol. The number of carbonyl (C=O) groups excluding carboxylic acids is 2. The number of rotatable bonds is 6. The summed E-state index contributed by atoms with van der Waals surface area (Å²) in [5.41, 5.74) is -2.07. The number of hydrogen-bond donors (Lipinski definition) is 1. The number of amides is 1. The predicted octanol–water partition coefficient (Wildman–Crippen LogP) is 8.01. The number of ether oxygens (including phenoxy) is 1. The molecule has 1 heterocycles. The average molecular weight is 530 g/mol. The smallest absolute Gasteiger partial charge is 0.416 e. The van der Waals surface area contributed by atoms with E-state index < -0.39 is 40.9 Å². The van der Waals surface area contributed by atoms with Crippen LogP contribution < -0.4 is 5.32 Å². The Kier molecular flexibility index (Phi) is 7.82. The summed E-state index contributed by atoms with van der Waals surface area (Å²) in [4.78, 5) is 25.5. The summed E-state index contributed by atoms with van der Waals surface area (Å²) in [5.74, 6) is -1.77. The topological polar surface area (TPSA) is 55.4 Å². The minimum atomic E-state index is -5.11. The second-order valence-corrected chi connectivity index (χ2v) is 8.98. The van der Waals surface area contributed by atoms with Crippen LogP contribution in [0.1, 0.15) is 64.1 Å². The number of benzene rings is 2. The maximum absolute atomic E-state index is 13.2. The molecule has 0 aliphatic carbocycles. The molecule has 0 aliphatic rings. The molecule has 192 valence electrons. The Hall–Kier alpha value is -3.34. The molecule has 0 saturated carbocycles. The van der Waals surface area contributed by atoms with Crippen molar-refractivity contribution in [1.29, 1.82) is 0 Å². The fourth-order valence-corrected chi connectivity index (χ4v) is 4.33. The lowest BCUT2D eigenvalue weighted by Gasteiger charge is -2.14. The van der Waals surface area contributed by atoms with Gasteiger partial charge in [-0.2, -0.15) is 26.3 Å². The quantitative estimate of drug-likeness (QED) is 0.260. The first-order chi connectivity index (χ1) is 16.7. The molecule has 2 aromatic carbocycles. The Morgan fingerprint density at radius 2 is 1.50 bits per heavy atom. The standard InChI is InChI=1S/C25H21F6NO3S/c1-4-35-23(34)20-19(15-7-5-14(6-8-15)13(2)3)12-36-22(20)32-21(33)16-9-17(24(26,27)28)11-18(10-16)25(29,30)31/h5-13H,4H2,1-3H3,(H,32,33). The molecular formula is C25H21F6NO3S. The van der Waals surface area contributed by atoms with Crippen molar-refractivity contribution in [1.82, 2.24) is 0 Å². The lowest BCUT2D eigenvalue weighted by atomic mass is 9.98. The molecule has 1 amide bonds. The van der Waals surface area contributed by atoms with Crippen LogP contribution in [0, 0.1) is 0 Å². The maximum atomic E-state index is 13.2. The molecule has 0 fully saturated rings. The van der Waals surface area contributed by atoms with Gasteiger partial charge in [-0.1, -0.05) is 38.1 Å². The van der Waals surface area contributed by atoms with Gasteiger partial charge in [0, 0.05) is 16.5 Å². The molecule has 11 heteroatoms. The first-order valence-electron chi connectivity index (χ1n) is 10.7. The van der Waals surface area contributed by atoms with Crippen molar-refractivity contribution >= 4 is 28.2 Å². The van der Waals surface area contributed by atoms with Crippen LogP contribution in [0.25, 0.3) is 11.1 Å². The van der Waals surface area contributed by atoms with E-state index in [2.05, 4.69) is 5.32 Å². The van der Waals surface area contributed by atoms with Crippen LogP contribution in [-0.4, -0.2) is 18.5 Å². The van der Waals surface area contributed by atoms with Crippen molar-refractivity contribution in [3.63, 3.8) is 0 Å². The summed E-state index contributed by atoms with van der Waals surface area (Å²) in [6, 6.07) is 7.87. The van der Waals surface area contributed by atoms with Crippen molar-refractivity contribution in [3.8, 4) is 11.1 Å². The van der Waals surface area contributed by atoms with Crippen LogP contribution in [0.3, 0.4) is 0 Å². The van der Waals surface area contributed by atoms with E-state index in [0.717, 1.165) is 16.9 Å². The van der Waals surface area contributed by atoms with E-state index in [0.29, 0.717) is 23.3 Å². The Labute approximate surface area is 206 Å². The van der Waals surface area contributed by atoms with E-state index in [4.69, 9.17) is 4.74 Å². The molecule has 1 N–H and O–H groups in total. The first-order valence-corrected chi connectivity index (χ1v) is 11.6. The van der Waals surface area contributed by atoms with Crippen LogP contribution in [0.4, 0.5) is 31.3 Å². The second kappa shape index (κ2) is 10.3. The molecule has 0 radical (unpaired) electrons. The number of halogens is 6. The van der Waals surface area contributed by atoms with Gasteiger partial charge in [-0.3, -0.25) is 4.79 Å². The zero-order valence-electron chi connectivity index (χ0n) is 19.3. The van der Waals surface area contributed by atoms with Crippen LogP contribution in [0.5, 0.6) is 0 Å². The predicted molar refractivity (Wildman–Crippen MR) is 124 cm³/mol. The number of nitrogens with one attached hydrogen (secondary N) is 1. The summed E-state index contributed by atoms with van der Waals surface area (Å²) >= 11 is 0.901. The van der Waals surface area contributed by atoms with Crippen molar-refractivity contribution in [2.45, 2.75) is 39.0 Å². The number of thiophene rings is 1. The van der Waals surface area contributed by atoms with E-state index in [1.165, 1.54) is 0 Å². The molecule has 0 bridgehead atoms. The third-order valence-corrected chi connectivity index (χ3v) is 6.13. The SMILES string of the molecule is CCOC(=O)c1c(-c2ccc(C(C)C)cc2)csc1NC(=O)c1cc(C(F)(F)F)cc(C(F)(F)F)c1. The van der Waals surface area contributed by atoms with Crippen LogP contribution in [0.15, 0.2) is 47.8 Å². The summed E-state index contributed by atoms with van der Waals surface area (Å²) in [6.45, 7) is 5.60. The molecule has 0 aliphatic heterocycles. The van der Waals surface area contributed by atoms with E-state index in [1.54, 1.807) is 24.4 Å². The van der Waals surface area contributed by atoms with E-state index >= 15 is 0 Å². The molecule has 1 aromatic heterocycles. The minimum Gasteiger partial charge on any atom is -0.462 e. The van der Waals surface area contributed by atoms with Crippen molar-refractivity contribution in [2.24, 2.45) is 0 Å². The molecule has 0 spiro atoms. The van der Waals surface area contributed by atoms with Gasteiger partial charge in [-0.15, -0.1) is 11.3 Å². The fraction of sp³-hybridized carbons (Fsp3) is 0.280. The van der Waals surface area contributed by atoms with Gasteiger partial charge < -0.3 is 10.1 Å². The van der Waals surface area contributed by atoms with Gasteiger partial charge in [-0.05, 0) is 42.2 Å². The summed E-state index contributed by atoms with van der Waals surface area (Å²) in [5, 5.41) is 3.78. The maximum Gasteiger partial charge on any atom is 0.416 e. The van der Waals surface area contributed by atoms with E-state index in [-0.39, 0.29) is 29.2 Å². The molecule has 0 atom stereocenters. The zero-order valence-corrected chi connectivity index (χ0v) is 20.1. The number of alkyl halides is 6.